The van der Waals surface area contributed by atoms with Gasteiger partial charge in [0.1, 0.15) is 16.7 Å². The summed E-state index contributed by atoms with van der Waals surface area (Å²) in [7, 11) is 4.32. The summed E-state index contributed by atoms with van der Waals surface area (Å²) >= 11 is 0. The van der Waals surface area contributed by atoms with E-state index in [-0.39, 0.29) is 39.2 Å². The van der Waals surface area contributed by atoms with Crippen LogP contribution in [0.2, 0.25) is 0 Å². The van der Waals surface area contributed by atoms with E-state index in [4.69, 9.17) is 23.7 Å². The number of hydrogen-bond donors (Lipinski definition) is 1. The summed E-state index contributed by atoms with van der Waals surface area (Å²) in [5.41, 5.74) is 0.454. The van der Waals surface area contributed by atoms with Crippen molar-refractivity contribution >= 4 is 16.9 Å². The first kappa shape index (κ1) is 17.3. The lowest BCUT2D eigenvalue weighted by molar-refractivity contribution is 0.0697. The summed E-state index contributed by atoms with van der Waals surface area (Å²) in [6, 6.07) is 8.96. The lowest BCUT2D eigenvalue weighted by atomic mass is 10.1. The van der Waals surface area contributed by atoms with Crippen molar-refractivity contribution in [2.45, 2.75) is 0 Å². The van der Waals surface area contributed by atoms with Crippen molar-refractivity contribution < 1.29 is 28.5 Å². The molecule has 0 bridgehead atoms. The Morgan fingerprint density at radius 2 is 1.73 bits per heavy atom. The Labute approximate surface area is 148 Å². The summed E-state index contributed by atoms with van der Waals surface area (Å²) in [5, 5.41) is 9.35. The minimum Gasteiger partial charge on any atom is -0.493 e. The Balaban J connectivity index is 2.30. The van der Waals surface area contributed by atoms with Gasteiger partial charge in [-0.3, -0.25) is 4.79 Å². The standard InChI is InChI=1S/C19H16O7/c1-23-15-9-14-16(18(25-3)17(15)24-2)12(20)8-13(26-14)10-5-4-6-11(7-10)19(21)22/h4-9H,1-3H3,(H,21,22). The number of rotatable bonds is 5. The van der Waals surface area contributed by atoms with Crippen LogP contribution in [-0.4, -0.2) is 32.4 Å². The third kappa shape index (κ3) is 2.83. The zero-order chi connectivity index (χ0) is 18.8. The number of aromatic carboxylic acids is 1. The van der Waals surface area contributed by atoms with Crippen LogP contribution in [0.3, 0.4) is 0 Å². The lowest BCUT2D eigenvalue weighted by Gasteiger charge is -2.14. The van der Waals surface area contributed by atoms with Gasteiger partial charge in [-0.15, -0.1) is 0 Å². The van der Waals surface area contributed by atoms with Crippen LogP contribution in [0.15, 0.2) is 45.6 Å². The predicted molar refractivity (Wildman–Crippen MR) is 94.5 cm³/mol. The minimum absolute atomic E-state index is 0.0927. The highest BCUT2D eigenvalue weighted by Crippen LogP contribution is 2.42. The number of carbonyl (C=O) groups is 1. The molecule has 0 saturated heterocycles. The predicted octanol–water partition coefficient (Wildman–Crippen LogP) is 3.18. The topological polar surface area (TPSA) is 95.2 Å². The van der Waals surface area contributed by atoms with Gasteiger partial charge in [0, 0.05) is 17.7 Å². The van der Waals surface area contributed by atoms with Crippen molar-refractivity contribution in [3.63, 3.8) is 0 Å². The Morgan fingerprint density at radius 1 is 1.00 bits per heavy atom. The monoisotopic (exact) mass is 356 g/mol. The smallest absolute Gasteiger partial charge is 0.335 e. The Morgan fingerprint density at radius 3 is 2.35 bits per heavy atom. The fraction of sp³-hybridized carbons (Fsp3) is 0.158. The van der Waals surface area contributed by atoms with Crippen LogP contribution in [0.1, 0.15) is 10.4 Å². The van der Waals surface area contributed by atoms with Crippen molar-refractivity contribution in [1.29, 1.82) is 0 Å². The molecule has 0 fully saturated rings. The lowest BCUT2D eigenvalue weighted by Crippen LogP contribution is -2.05. The van der Waals surface area contributed by atoms with Gasteiger partial charge in [0.15, 0.2) is 16.9 Å². The number of carboxylic acid groups (broad SMARTS) is 1. The summed E-state index contributed by atoms with van der Waals surface area (Å²) in [6.45, 7) is 0. The Hall–Kier alpha value is -3.48. The summed E-state index contributed by atoms with van der Waals surface area (Å²) in [4.78, 5) is 23.8. The van der Waals surface area contributed by atoms with Crippen molar-refractivity contribution in [3.05, 3.63) is 52.2 Å². The van der Waals surface area contributed by atoms with Crippen LogP contribution in [0.4, 0.5) is 0 Å². The van der Waals surface area contributed by atoms with Gasteiger partial charge >= 0.3 is 5.97 Å². The molecule has 0 aliphatic carbocycles. The molecule has 0 radical (unpaired) electrons. The molecule has 0 atom stereocenters. The largest absolute Gasteiger partial charge is 0.493 e. The van der Waals surface area contributed by atoms with E-state index in [9.17, 15) is 9.59 Å². The molecule has 0 unspecified atom stereocenters. The van der Waals surface area contributed by atoms with Crippen molar-refractivity contribution in [2.24, 2.45) is 0 Å². The fourth-order valence-electron chi connectivity index (χ4n) is 2.73. The quantitative estimate of drug-likeness (QED) is 0.750. The molecular weight excluding hydrogens is 340 g/mol. The van der Waals surface area contributed by atoms with E-state index in [1.807, 2.05) is 0 Å². The highest BCUT2D eigenvalue weighted by atomic mass is 16.5. The highest BCUT2D eigenvalue weighted by molar-refractivity contribution is 5.91. The number of hydrogen-bond acceptors (Lipinski definition) is 6. The van der Waals surface area contributed by atoms with E-state index >= 15 is 0 Å². The van der Waals surface area contributed by atoms with Gasteiger partial charge in [-0.25, -0.2) is 4.79 Å². The number of carboxylic acids is 1. The molecule has 0 spiro atoms. The third-order valence-electron chi connectivity index (χ3n) is 3.92. The van der Waals surface area contributed by atoms with Crippen LogP contribution in [0.5, 0.6) is 17.2 Å². The first-order chi connectivity index (χ1) is 12.5. The van der Waals surface area contributed by atoms with Crippen LogP contribution in [0.25, 0.3) is 22.3 Å². The molecule has 0 aliphatic heterocycles. The van der Waals surface area contributed by atoms with E-state index in [0.29, 0.717) is 11.3 Å². The van der Waals surface area contributed by atoms with E-state index in [2.05, 4.69) is 0 Å². The second kappa shape index (κ2) is 6.79. The number of benzene rings is 2. The zero-order valence-electron chi connectivity index (χ0n) is 14.4. The molecule has 3 rings (SSSR count). The molecule has 26 heavy (non-hydrogen) atoms. The summed E-state index contributed by atoms with van der Waals surface area (Å²) < 4.78 is 21.7. The first-order valence-corrected chi connectivity index (χ1v) is 7.60. The maximum atomic E-state index is 12.7. The SMILES string of the molecule is COc1cc2oc(-c3cccc(C(=O)O)c3)cc(=O)c2c(OC)c1OC. The average molecular weight is 356 g/mol. The van der Waals surface area contributed by atoms with Gasteiger partial charge in [0.2, 0.25) is 5.75 Å². The Bertz CT molecular complexity index is 1050. The molecule has 134 valence electrons. The number of fused-ring (bicyclic) bond motifs is 1. The second-order valence-corrected chi connectivity index (χ2v) is 5.38. The summed E-state index contributed by atoms with van der Waals surface area (Å²) in [6.07, 6.45) is 0. The van der Waals surface area contributed by atoms with E-state index < -0.39 is 5.97 Å². The van der Waals surface area contributed by atoms with Crippen molar-refractivity contribution in [2.75, 3.05) is 21.3 Å². The first-order valence-electron chi connectivity index (χ1n) is 7.60. The van der Waals surface area contributed by atoms with Gasteiger partial charge in [-0.05, 0) is 12.1 Å². The molecule has 7 heteroatoms. The maximum Gasteiger partial charge on any atom is 0.335 e. The van der Waals surface area contributed by atoms with Gasteiger partial charge in [0.25, 0.3) is 0 Å². The molecule has 2 aromatic carbocycles. The zero-order valence-corrected chi connectivity index (χ0v) is 14.4. The normalized spacial score (nSPS) is 10.6. The van der Waals surface area contributed by atoms with Crippen LogP contribution in [-0.2, 0) is 0 Å². The van der Waals surface area contributed by atoms with E-state index in [1.165, 1.54) is 45.6 Å². The fourth-order valence-corrected chi connectivity index (χ4v) is 2.73. The molecule has 7 nitrogen and oxygen atoms in total. The van der Waals surface area contributed by atoms with Crippen molar-refractivity contribution in [1.82, 2.24) is 0 Å². The Kier molecular flexibility index (Phi) is 4.53. The molecule has 1 heterocycles. The summed E-state index contributed by atoms with van der Waals surface area (Å²) in [5.74, 6) is 0.0104. The highest BCUT2D eigenvalue weighted by Gasteiger charge is 2.20. The third-order valence-corrected chi connectivity index (χ3v) is 3.92. The van der Waals surface area contributed by atoms with Gasteiger partial charge in [-0.1, -0.05) is 12.1 Å². The molecular formula is C19H16O7. The van der Waals surface area contributed by atoms with Crippen molar-refractivity contribution in [3.8, 4) is 28.6 Å². The van der Waals surface area contributed by atoms with Crippen LogP contribution >= 0.6 is 0 Å². The molecule has 1 N–H and O–H groups in total. The molecule has 0 saturated carbocycles. The van der Waals surface area contributed by atoms with Gasteiger partial charge < -0.3 is 23.7 Å². The molecule has 0 amide bonds. The van der Waals surface area contributed by atoms with Crippen LogP contribution < -0.4 is 19.6 Å². The van der Waals surface area contributed by atoms with E-state index in [0.717, 1.165) is 0 Å². The van der Waals surface area contributed by atoms with Crippen LogP contribution in [0, 0.1) is 0 Å². The average Bonchev–Trinajstić information content (AvgIpc) is 2.66. The van der Waals surface area contributed by atoms with Gasteiger partial charge in [-0.2, -0.15) is 0 Å². The number of methoxy groups -OCH3 is 3. The molecule has 0 aliphatic rings. The molecule has 3 aromatic rings. The molecule has 1 aromatic heterocycles. The number of ether oxygens (including phenoxy) is 3. The minimum atomic E-state index is -1.07. The van der Waals surface area contributed by atoms with E-state index in [1.54, 1.807) is 12.1 Å². The van der Waals surface area contributed by atoms with Gasteiger partial charge in [0.05, 0.1) is 26.9 Å². The second-order valence-electron chi connectivity index (χ2n) is 5.38. The maximum absolute atomic E-state index is 12.7.